The fourth-order valence-electron chi connectivity index (χ4n) is 2.07. The predicted octanol–water partition coefficient (Wildman–Crippen LogP) is 4.95. The minimum atomic E-state index is -0.172. The summed E-state index contributed by atoms with van der Waals surface area (Å²) in [7, 11) is 0. The number of benzene rings is 2. The molecular weight excluding hydrogens is 381 g/mol. The fourth-order valence-corrected chi connectivity index (χ4v) is 3.18. The highest BCUT2D eigenvalue weighted by Crippen LogP contribution is 2.32. The molecule has 0 saturated carbocycles. The summed E-state index contributed by atoms with van der Waals surface area (Å²) in [6.07, 6.45) is 0. The Bertz CT molecular complexity index is 747. The number of para-hydroxylation sites is 2. The summed E-state index contributed by atoms with van der Waals surface area (Å²) in [4.78, 5) is 23.5. The first kappa shape index (κ1) is 19.6. The van der Waals surface area contributed by atoms with Crippen molar-refractivity contribution in [1.82, 2.24) is 0 Å². The van der Waals surface area contributed by atoms with Gasteiger partial charge >= 0.3 is 0 Å². The lowest BCUT2D eigenvalue weighted by atomic mass is 10.1. The molecule has 4 nitrogen and oxygen atoms in total. The van der Waals surface area contributed by atoms with Crippen molar-refractivity contribution in [2.75, 3.05) is 23.4 Å². The molecule has 0 aliphatic carbocycles. The van der Waals surface area contributed by atoms with Crippen LogP contribution in [0, 0.1) is 0 Å². The molecule has 7 heteroatoms. The molecule has 1 amide bonds. The summed E-state index contributed by atoms with van der Waals surface area (Å²) in [5.74, 6) is 1.05. The first-order valence-electron chi connectivity index (χ1n) is 7.53. The highest BCUT2D eigenvalue weighted by molar-refractivity contribution is 7.99. The van der Waals surface area contributed by atoms with Crippen molar-refractivity contribution in [3.05, 3.63) is 58.1 Å². The zero-order valence-corrected chi connectivity index (χ0v) is 15.9. The number of carbonyl (C=O) groups excluding carboxylic acids is 2. The van der Waals surface area contributed by atoms with Gasteiger partial charge < -0.3 is 10.1 Å². The Morgan fingerprint density at radius 1 is 1.08 bits per heavy atom. The zero-order valence-electron chi connectivity index (χ0n) is 13.6. The highest BCUT2D eigenvalue weighted by Gasteiger charge is 2.10. The van der Waals surface area contributed by atoms with Crippen molar-refractivity contribution in [2.24, 2.45) is 0 Å². The third-order valence-electron chi connectivity index (χ3n) is 3.21. The van der Waals surface area contributed by atoms with Crippen molar-refractivity contribution in [2.45, 2.75) is 6.92 Å². The molecule has 2 aromatic carbocycles. The molecule has 1 N–H and O–H groups in total. The molecule has 25 heavy (non-hydrogen) atoms. The number of hydrogen-bond acceptors (Lipinski definition) is 4. The first-order chi connectivity index (χ1) is 12.0. The van der Waals surface area contributed by atoms with Crippen LogP contribution >= 0.6 is 35.0 Å². The molecule has 0 saturated heterocycles. The first-order valence-corrected chi connectivity index (χ1v) is 9.44. The topological polar surface area (TPSA) is 55.4 Å². The van der Waals surface area contributed by atoms with Crippen LogP contribution in [0.2, 0.25) is 10.0 Å². The minimum absolute atomic E-state index is 0.0893. The lowest BCUT2D eigenvalue weighted by Crippen LogP contribution is -2.17. The minimum Gasteiger partial charge on any atom is -0.490 e. The van der Waals surface area contributed by atoms with E-state index in [0.29, 0.717) is 39.4 Å². The van der Waals surface area contributed by atoms with Crippen LogP contribution in [0.5, 0.6) is 5.75 Å². The fraction of sp³-hybridized carbons (Fsp3) is 0.222. The standard InChI is InChI=1S/C18H17Cl2NO3S/c1-12(22)13-5-2-3-8-16(13)21-17(23)11-25-10-9-24-18-14(19)6-4-7-15(18)20/h2-8H,9-11H2,1H3,(H,21,23). The molecule has 0 unspecified atom stereocenters. The molecule has 0 aromatic heterocycles. The lowest BCUT2D eigenvalue weighted by Gasteiger charge is -2.10. The van der Waals surface area contributed by atoms with E-state index in [0.717, 1.165) is 0 Å². The molecule has 0 bridgehead atoms. The summed E-state index contributed by atoms with van der Waals surface area (Å²) in [5, 5.41) is 3.66. The predicted molar refractivity (Wildman–Crippen MR) is 104 cm³/mol. The molecule has 0 spiro atoms. The van der Waals surface area contributed by atoms with Crippen molar-refractivity contribution >= 4 is 52.3 Å². The molecule has 0 heterocycles. The quantitative estimate of drug-likeness (QED) is 0.505. The van der Waals surface area contributed by atoms with Crippen LogP contribution in [0.25, 0.3) is 0 Å². The normalized spacial score (nSPS) is 10.4. The van der Waals surface area contributed by atoms with Gasteiger partial charge in [-0.25, -0.2) is 0 Å². The number of amides is 1. The van der Waals surface area contributed by atoms with Gasteiger partial charge in [-0.2, -0.15) is 0 Å². The van der Waals surface area contributed by atoms with Crippen LogP contribution in [0.1, 0.15) is 17.3 Å². The maximum Gasteiger partial charge on any atom is 0.234 e. The smallest absolute Gasteiger partial charge is 0.234 e. The van der Waals surface area contributed by atoms with Gasteiger partial charge in [0.05, 0.1) is 28.1 Å². The number of nitrogens with one attached hydrogen (secondary N) is 1. The number of ketones is 1. The number of carbonyl (C=O) groups is 2. The SMILES string of the molecule is CC(=O)c1ccccc1NC(=O)CSCCOc1c(Cl)cccc1Cl. The second-order valence-electron chi connectivity index (χ2n) is 5.10. The Morgan fingerprint density at radius 3 is 2.44 bits per heavy atom. The Morgan fingerprint density at radius 2 is 1.76 bits per heavy atom. The monoisotopic (exact) mass is 397 g/mol. The second kappa shape index (κ2) is 9.70. The van der Waals surface area contributed by atoms with Crippen LogP contribution in [-0.2, 0) is 4.79 Å². The Balaban J connectivity index is 1.75. The highest BCUT2D eigenvalue weighted by atomic mass is 35.5. The molecule has 0 aliphatic heterocycles. The number of Topliss-reactive ketones (excluding diaryl/α,β-unsaturated/α-hetero) is 1. The van der Waals surface area contributed by atoms with Crippen molar-refractivity contribution in [3.8, 4) is 5.75 Å². The average Bonchev–Trinajstić information content (AvgIpc) is 2.57. The number of hydrogen-bond donors (Lipinski definition) is 1. The van der Waals surface area contributed by atoms with Crippen molar-refractivity contribution < 1.29 is 14.3 Å². The zero-order chi connectivity index (χ0) is 18.2. The Labute approximate surface area is 160 Å². The van der Waals surface area contributed by atoms with Crippen LogP contribution in [0.15, 0.2) is 42.5 Å². The van der Waals surface area contributed by atoms with E-state index in [1.807, 2.05) is 0 Å². The summed E-state index contributed by atoms with van der Waals surface area (Å²) in [5.41, 5.74) is 1.03. The van der Waals surface area contributed by atoms with E-state index < -0.39 is 0 Å². The maximum absolute atomic E-state index is 12.0. The van der Waals surface area contributed by atoms with Gasteiger partial charge in [0.25, 0.3) is 0 Å². The van der Waals surface area contributed by atoms with Crippen LogP contribution < -0.4 is 10.1 Å². The molecule has 0 aliphatic rings. The molecule has 0 atom stereocenters. The number of halogens is 2. The van der Waals surface area contributed by atoms with Gasteiger partial charge in [0.2, 0.25) is 5.91 Å². The summed E-state index contributed by atoms with van der Waals surface area (Å²) in [6, 6.07) is 12.1. The van der Waals surface area contributed by atoms with Gasteiger partial charge in [-0.1, -0.05) is 41.4 Å². The van der Waals surface area contributed by atoms with Crippen LogP contribution in [-0.4, -0.2) is 29.8 Å². The van der Waals surface area contributed by atoms with Gasteiger partial charge in [0.1, 0.15) is 0 Å². The average molecular weight is 398 g/mol. The van der Waals surface area contributed by atoms with Gasteiger partial charge in [0.15, 0.2) is 11.5 Å². The lowest BCUT2D eigenvalue weighted by molar-refractivity contribution is -0.113. The van der Waals surface area contributed by atoms with E-state index in [1.54, 1.807) is 42.5 Å². The maximum atomic E-state index is 12.0. The van der Waals surface area contributed by atoms with Gasteiger partial charge in [-0.15, -0.1) is 11.8 Å². The third-order valence-corrected chi connectivity index (χ3v) is 4.72. The summed E-state index contributed by atoms with van der Waals surface area (Å²) in [6.45, 7) is 1.85. The molecule has 0 radical (unpaired) electrons. The van der Waals surface area contributed by atoms with E-state index in [2.05, 4.69) is 5.32 Å². The largest absolute Gasteiger partial charge is 0.490 e. The van der Waals surface area contributed by atoms with Crippen LogP contribution in [0.3, 0.4) is 0 Å². The summed E-state index contributed by atoms with van der Waals surface area (Å²) >= 11 is 13.4. The van der Waals surface area contributed by atoms with E-state index in [4.69, 9.17) is 27.9 Å². The van der Waals surface area contributed by atoms with Crippen LogP contribution in [0.4, 0.5) is 5.69 Å². The Hall–Kier alpha value is -1.69. The van der Waals surface area contributed by atoms with Crippen molar-refractivity contribution in [3.63, 3.8) is 0 Å². The van der Waals surface area contributed by atoms with Gasteiger partial charge in [-0.05, 0) is 31.2 Å². The number of thioether (sulfide) groups is 1. The molecule has 132 valence electrons. The molecule has 2 rings (SSSR count). The van der Waals surface area contributed by atoms with E-state index in [-0.39, 0.29) is 17.4 Å². The molecular formula is C18H17Cl2NO3S. The third kappa shape index (κ3) is 5.96. The number of ether oxygens (including phenoxy) is 1. The summed E-state index contributed by atoms with van der Waals surface area (Å²) < 4.78 is 5.56. The molecule has 0 fully saturated rings. The molecule has 2 aromatic rings. The number of anilines is 1. The number of rotatable bonds is 8. The van der Waals surface area contributed by atoms with E-state index >= 15 is 0 Å². The second-order valence-corrected chi connectivity index (χ2v) is 7.02. The Kier molecular flexibility index (Phi) is 7.62. The van der Waals surface area contributed by atoms with Crippen molar-refractivity contribution in [1.29, 1.82) is 0 Å². The van der Waals surface area contributed by atoms with E-state index in [1.165, 1.54) is 18.7 Å². The van der Waals surface area contributed by atoms with Gasteiger partial charge in [-0.3, -0.25) is 9.59 Å². The van der Waals surface area contributed by atoms with E-state index in [9.17, 15) is 9.59 Å². The van der Waals surface area contributed by atoms with Gasteiger partial charge in [0, 0.05) is 11.3 Å².